The molecule has 5 nitrogen and oxygen atoms in total. The van der Waals surface area contributed by atoms with Crippen LogP contribution in [0, 0.1) is 6.92 Å². The number of piperazine rings is 1. The lowest BCUT2D eigenvalue weighted by Crippen LogP contribution is -2.51. The minimum absolute atomic E-state index is 0.148. The molecule has 1 N–H and O–H groups in total. The topological polar surface area (TPSA) is 47.0 Å². The largest absolute Gasteiger partial charge is 0.508 e. The highest BCUT2D eigenvalue weighted by Gasteiger charge is 2.30. The Morgan fingerprint density at radius 2 is 1.69 bits per heavy atom. The van der Waals surface area contributed by atoms with Crippen molar-refractivity contribution >= 4 is 11.6 Å². The van der Waals surface area contributed by atoms with E-state index in [2.05, 4.69) is 24.0 Å². The number of likely N-dealkylation sites (N-methyl/N-ethyl adjacent to an activating group) is 1. The monoisotopic (exact) mass is 353 g/mol. The lowest BCUT2D eigenvalue weighted by molar-refractivity contribution is -0.136. The molecule has 0 unspecified atom stereocenters. The van der Waals surface area contributed by atoms with Crippen molar-refractivity contribution in [3.63, 3.8) is 0 Å². The summed E-state index contributed by atoms with van der Waals surface area (Å²) in [7, 11) is 3.90. The van der Waals surface area contributed by atoms with E-state index in [1.54, 1.807) is 12.1 Å². The van der Waals surface area contributed by atoms with Crippen LogP contribution in [0.25, 0.3) is 0 Å². The second-order valence-corrected chi connectivity index (χ2v) is 7.11. The van der Waals surface area contributed by atoms with Gasteiger partial charge >= 0.3 is 0 Å². The number of amides is 1. The van der Waals surface area contributed by atoms with Gasteiger partial charge in [0.25, 0.3) is 0 Å². The third kappa shape index (κ3) is 3.99. The molecule has 2 aromatic carbocycles. The normalized spacial score (nSPS) is 16.0. The minimum Gasteiger partial charge on any atom is -0.508 e. The molecule has 0 saturated carbocycles. The molecule has 138 valence electrons. The van der Waals surface area contributed by atoms with E-state index < -0.39 is 0 Å². The van der Waals surface area contributed by atoms with E-state index in [4.69, 9.17) is 0 Å². The number of hydrogen-bond acceptors (Lipinski definition) is 4. The number of hydrogen-bond donors (Lipinski definition) is 1. The third-order valence-electron chi connectivity index (χ3n) is 4.93. The third-order valence-corrected chi connectivity index (χ3v) is 4.93. The van der Waals surface area contributed by atoms with Crippen molar-refractivity contribution in [2.45, 2.75) is 13.0 Å². The predicted octanol–water partition coefficient (Wildman–Crippen LogP) is 2.65. The van der Waals surface area contributed by atoms with Gasteiger partial charge in [0.15, 0.2) is 0 Å². The van der Waals surface area contributed by atoms with Crippen molar-refractivity contribution in [3.8, 4) is 5.75 Å². The van der Waals surface area contributed by atoms with Crippen LogP contribution in [0.3, 0.4) is 0 Å². The first-order valence-corrected chi connectivity index (χ1v) is 9.01. The van der Waals surface area contributed by atoms with Crippen molar-refractivity contribution in [1.29, 1.82) is 0 Å². The van der Waals surface area contributed by atoms with Gasteiger partial charge in [-0.3, -0.25) is 9.69 Å². The van der Waals surface area contributed by atoms with Crippen molar-refractivity contribution in [1.82, 2.24) is 9.80 Å². The summed E-state index contributed by atoms with van der Waals surface area (Å²) in [4.78, 5) is 19.3. The molecule has 1 heterocycles. The van der Waals surface area contributed by atoms with Crippen LogP contribution in [-0.4, -0.2) is 61.1 Å². The fourth-order valence-corrected chi connectivity index (χ4v) is 3.46. The Morgan fingerprint density at radius 1 is 1.04 bits per heavy atom. The van der Waals surface area contributed by atoms with Gasteiger partial charge in [-0.05, 0) is 38.7 Å². The van der Waals surface area contributed by atoms with Gasteiger partial charge in [0, 0.05) is 37.9 Å². The first-order valence-electron chi connectivity index (χ1n) is 9.01. The Hall–Kier alpha value is -2.53. The fraction of sp³-hybridized carbons (Fsp3) is 0.381. The molecule has 0 spiro atoms. The Balaban J connectivity index is 1.69. The average molecular weight is 353 g/mol. The highest BCUT2D eigenvalue weighted by Crippen LogP contribution is 2.25. The lowest BCUT2D eigenvalue weighted by atomic mass is 10.0. The Bertz CT molecular complexity index is 750. The minimum atomic E-state index is -0.261. The molecule has 0 bridgehead atoms. The van der Waals surface area contributed by atoms with E-state index in [1.807, 2.05) is 48.2 Å². The predicted molar refractivity (Wildman–Crippen MR) is 105 cm³/mol. The van der Waals surface area contributed by atoms with E-state index >= 15 is 0 Å². The van der Waals surface area contributed by atoms with Gasteiger partial charge in [-0.1, -0.05) is 35.9 Å². The van der Waals surface area contributed by atoms with Gasteiger partial charge in [-0.15, -0.1) is 0 Å². The Morgan fingerprint density at radius 3 is 2.27 bits per heavy atom. The number of nitrogens with zero attached hydrogens (tertiary/aromatic N) is 3. The molecule has 1 fully saturated rings. The molecular formula is C21H27N3O2. The highest BCUT2D eigenvalue weighted by molar-refractivity contribution is 5.83. The van der Waals surface area contributed by atoms with Crippen LogP contribution in [-0.2, 0) is 4.79 Å². The molecule has 0 aromatic heterocycles. The van der Waals surface area contributed by atoms with Gasteiger partial charge in [0.1, 0.15) is 11.8 Å². The molecule has 0 aliphatic carbocycles. The summed E-state index contributed by atoms with van der Waals surface area (Å²) < 4.78 is 0. The number of phenols is 1. The molecule has 1 aliphatic rings. The van der Waals surface area contributed by atoms with Gasteiger partial charge in [-0.25, -0.2) is 0 Å². The maximum absolute atomic E-state index is 13.1. The summed E-state index contributed by atoms with van der Waals surface area (Å²) in [6, 6.07) is 15.2. The van der Waals surface area contributed by atoms with Crippen LogP contribution in [0.2, 0.25) is 0 Å². The summed E-state index contributed by atoms with van der Waals surface area (Å²) in [6.45, 7) is 4.96. The molecule has 2 aromatic rings. The van der Waals surface area contributed by atoms with Crippen LogP contribution >= 0.6 is 0 Å². The van der Waals surface area contributed by atoms with E-state index in [-0.39, 0.29) is 17.7 Å². The van der Waals surface area contributed by atoms with Gasteiger partial charge in [0.2, 0.25) is 5.91 Å². The number of anilines is 1. The maximum atomic E-state index is 13.1. The van der Waals surface area contributed by atoms with E-state index in [9.17, 15) is 9.90 Å². The second kappa shape index (κ2) is 7.79. The molecule has 1 atom stereocenters. The van der Waals surface area contributed by atoms with E-state index in [1.165, 1.54) is 5.56 Å². The molecule has 0 radical (unpaired) electrons. The number of aromatic hydroxyl groups is 1. The summed E-state index contributed by atoms with van der Waals surface area (Å²) in [6.07, 6.45) is 0. The first kappa shape index (κ1) is 18.3. The molecule has 3 rings (SSSR count). The molecular weight excluding hydrogens is 326 g/mol. The lowest BCUT2D eigenvalue weighted by Gasteiger charge is -2.38. The van der Waals surface area contributed by atoms with Crippen molar-refractivity contribution in [3.05, 3.63) is 59.7 Å². The van der Waals surface area contributed by atoms with Crippen molar-refractivity contribution < 1.29 is 9.90 Å². The number of carbonyl (C=O) groups excluding carboxylic acids is 1. The smallest absolute Gasteiger partial charge is 0.244 e. The number of carbonyl (C=O) groups is 1. The van der Waals surface area contributed by atoms with Crippen LogP contribution in [0.5, 0.6) is 5.75 Å². The van der Waals surface area contributed by atoms with E-state index in [0.717, 1.165) is 24.3 Å². The summed E-state index contributed by atoms with van der Waals surface area (Å²) in [5.74, 6) is 0.419. The Kier molecular flexibility index (Phi) is 5.47. The van der Waals surface area contributed by atoms with Gasteiger partial charge < -0.3 is 14.9 Å². The molecule has 1 amide bonds. The maximum Gasteiger partial charge on any atom is 0.244 e. The summed E-state index contributed by atoms with van der Waals surface area (Å²) in [5, 5.41) is 9.67. The van der Waals surface area contributed by atoms with Crippen molar-refractivity contribution in [2.75, 3.05) is 45.2 Å². The summed E-state index contributed by atoms with van der Waals surface area (Å²) >= 11 is 0. The highest BCUT2D eigenvalue weighted by atomic mass is 16.3. The number of rotatable bonds is 4. The van der Waals surface area contributed by atoms with Crippen LogP contribution in [0.1, 0.15) is 17.2 Å². The zero-order chi connectivity index (χ0) is 18.7. The van der Waals surface area contributed by atoms with Gasteiger partial charge in [0.05, 0.1) is 0 Å². The fourth-order valence-electron chi connectivity index (χ4n) is 3.46. The molecule has 5 heteroatoms. The SMILES string of the molecule is Cc1ccc([C@@H](C(=O)N2CCN(c3cccc(O)c3)CC2)N(C)C)cc1. The zero-order valence-electron chi connectivity index (χ0n) is 15.7. The quantitative estimate of drug-likeness (QED) is 0.918. The molecule has 26 heavy (non-hydrogen) atoms. The average Bonchev–Trinajstić information content (AvgIpc) is 2.63. The zero-order valence-corrected chi connectivity index (χ0v) is 15.7. The number of benzene rings is 2. The second-order valence-electron chi connectivity index (χ2n) is 7.11. The van der Waals surface area contributed by atoms with Gasteiger partial charge in [-0.2, -0.15) is 0 Å². The first-order chi connectivity index (χ1) is 12.5. The van der Waals surface area contributed by atoms with Crippen LogP contribution in [0.15, 0.2) is 48.5 Å². The molecule has 1 saturated heterocycles. The summed E-state index contributed by atoms with van der Waals surface area (Å²) in [5.41, 5.74) is 3.22. The Labute approximate surface area is 155 Å². The van der Waals surface area contributed by atoms with E-state index in [0.29, 0.717) is 13.1 Å². The molecule has 1 aliphatic heterocycles. The standard InChI is InChI=1S/C21H27N3O2/c1-16-7-9-17(10-8-16)20(22(2)3)21(26)24-13-11-23(12-14-24)18-5-4-6-19(25)15-18/h4-10,15,20,25H,11-14H2,1-3H3/t20-/m0/s1. The van der Waals surface area contributed by atoms with Crippen LogP contribution in [0.4, 0.5) is 5.69 Å². The number of aryl methyl sites for hydroxylation is 1. The van der Waals surface area contributed by atoms with Crippen molar-refractivity contribution in [2.24, 2.45) is 0 Å². The number of phenolic OH excluding ortho intramolecular Hbond substituents is 1. The van der Waals surface area contributed by atoms with Crippen LogP contribution < -0.4 is 4.90 Å².